The molecule has 0 fully saturated rings. The topological polar surface area (TPSA) is 45.8 Å². The molecule has 8 aromatic rings. The molecule has 1 aliphatic heterocycles. The average molecular weight is 696 g/mol. The predicted molar refractivity (Wildman–Crippen MR) is 226 cm³/mol. The molecule has 0 saturated heterocycles. The van der Waals surface area contributed by atoms with Crippen molar-refractivity contribution < 1.29 is 0 Å². The van der Waals surface area contributed by atoms with Crippen molar-refractivity contribution in [2.24, 2.45) is 4.99 Å². The molecule has 0 bridgehead atoms. The normalized spacial score (nSPS) is 14.5. The van der Waals surface area contributed by atoms with Gasteiger partial charge in [-0.2, -0.15) is 0 Å². The molecular formula is C49H37N5. The van der Waals surface area contributed by atoms with Gasteiger partial charge in [-0.1, -0.05) is 103 Å². The van der Waals surface area contributed by atoms with Gasteiger partial charge in [0, 0.05) is 52.8 Å². The molecule has 0 aliphatic carbocycles. The number of hydrogen-bond donors (Lipinski definition) is 0. The number of hydrogen-bond acceptors (Lipinski definition) is 4. The van der Waals surface area contributed by atoms with Crippen molar-refractivity contribution in [3.8, 4) is 33.5 Å². The number of nitrogens with zero attached hydrogens (tertiary/aromatic N) is 5. The van der Waals surface area contributed by atoms with Crippen molar-refractivity contribution in [3.05, 3.63) is 200 Å². The Kier molecular flexibility index (Phi) is 9.02. The van der Waals surface area contributed by atoms with Crippen molar-refractivity contribution in [1.82, 2.24) is 14.4 Å². The molecule has 1 aliphatic rings. The highest BCUT2D eigenvalue weighted by atomic mass is 15.1. The van der Waals surface area contributed by atoms with E-state index in [-0.39, 0.29) is 0 Å². The first kappa shape index (κ1) is 32.8. The standard InChI is InChI=1S/C49H37N5/c1-2-8-36(9-6-31-50-30-4-1)38-16-23-44(24-17-38)54(46-27-20-40(21-28-46)42-22-29-47-43(34-42)10-7-32-51-47)45-25-18-39(19-26-45)37-12-14-41(15-13-37)48-35-53-33-5-3-11-49(53)52-48/h1,3-30,32-35H,2,31H2/b4-1?,9-6-,36-8+,50-30?. The Morgan fingerprint density at radius 3 is 1.94 bits per heavy atom. The van der Waals surface area contributed by atoms with Crippen LogP contribution in [0.25, 0.3) is 55.6 Å². The molecule has 4 heterocycles. The third kappa shape index (κ3) is 6.91. The van der Waals surface area contributed by atoms with Gasteiger partial charge in [0.2, 0.25) is 0 Å². The Balaban J connectivity index is 1.03. The van der Waals surface area contributed by atoms with Gasteiger partial charge in [-0.3, -0.25) is 9.98 Å². The van der Waals surface area contributed by atoms with Gasteiger partial charge in [-0.25, -0.2) is 4.98 Å². The molecule has 258 valence electrons. The number of aliphatic imine (C=N–C) groups is 1. The van der Waals surface area contributed by atoms with E-state index < -0.39 is 0 Å². The number of anilines is 3. The molecule has 0 unspecified atom stereocenters. The number of fused-ring (bicyclic) bond motifs is 2. The van der Waals surface area contributed by atoms with E-state index in [1.807, 2.05) is 48.9 Å². The molecule has 9 rings (SSSR count). The van der Waals surface area contributed by atoms with Crippen molar-refractivity contribution in [2.45, 2.75) is 6.42 Å². The monoisotopic (exact) mass is 695 g/mol. The fraction of sp³-hybridized carbons (Fsp3) is 0.0408. The third-order valence-electron chi connectivity index (χ3n) is 9.83. The zero-order chi connectivity index (χ0) is 36.1. The highest BCUT2D eigenvalue weighted by molar-refractivity contribution is 5.86. The Bertz CT molecular complexity index is 2650. The van der Waals surface area contributed by atoms with E-state index in [9.17, 15) is 0 Å². The molecule has 54 heavy (non-hydrogen) atoms. The van der Waals surface area contributed by atoms with E-state index in [1.54, 1.807) is 0 Å². The number of imidazole rings is 1. The number of pyridine rings is 2. The van der Waals surface area contributed by atoms with E-state index in [0.717, 1.165) is 68.0 Å². The highest BCUT2D eigenvalue weighted by Crippen LogP contribution is 2.38. The van der Waals surface area contributed by atoms with Gasteiger partial charge in [0.1, 0.15) is 5.65 Å². The maximum atomic E-state index is 4.80. The summed E-state index contributed by atoms with van der Waals surface area (Å²) in [7, 11) is 0. The van der Waals surface area contributed by atoms with E-state index in [2.05, 4.69) is 171 Å². The molecule has 5 aromatic carbocycles. The molecule has 0 amide bonds. The quantitative estimate of drug-likeness (QED) is 0.167. The van der Waals surface area contributed by atoms with Crippen LogP contribution in [-0.4, -0.2) is 27.1 Å². The molecule has 0 saturated carbocycles. The van der Waals surface area contributed by atoms with Crippen LogP contribution >= 0.6 is 0 Å². The van der Waals surface area contributed by atoms with Gasteiger partial charge in [-0.15, -0.1) is 0 Å². The smallest absolute Gasteiger partial charge is 0.137 e. The molecule has 0 N–H and O–H groups in total. The molecule has 5 nitrogen and oxygen atoms in total. The van der Waals surface area contributed by atoms with Gasteiger partial charge >= 0.3 is 0 Å². The van der Waals surface area contributed by atoms with Gasteiger partial charge in [0.25, 0.3) is 0 Å². The Morgan fingerprint density at radius 1 is 0.574 bits per heavy atom. The second-order valence-corrected chi connectivity index (χ2v) is 13.3. The Labute approximate surface area is 315 Å². The largest absolute Gasteiger partial charge is 0.311 e. The van der Waals surface area contributed by atoms with E-state index >= 15 is 0 Å². The lowest BCUT2D eigenvalue weighted by atomic mass is 10.0. The van der Waals surface area contributed by atoms with Gasteiger partial charge in [-0.05, 0) is 113 Å². The minimum absolute atomic E-state index is 0.668. The predicted octanol–water partition coefficient (Wildman–Crippen LogP) is 12.3. The zero-order valence-corrected chi connectivity index (χ0v) is 29.7. The van der Waals surface area contributed by atoms with E-state index in [1.165, 1.54) is 16.7 Å². The fourth-order valence-corrected chi connectivity index (χ4v) is 7.00. The lowest BCUT2D eigenvalue weighted by Crippen LogP contribution is -2.10. The maximum absolute atomic E-state index is 4.80. The minimum Gasteiger partial charge on any atom is -0.311 e. The Hall–Kier alpha value is -7.11. The van der Waals surface area contributed by atoms with Crippen LogP contribution in [0.3, 0.4) is 0 Å². The first-order chi connectivity index (χ1) is 26.7. The fourth-order valence-electron chi connectivity index (χ4n) is 7.00. The number of benzene rings is 5. The van der Waals surface area contributed by atoms with Crippen molar-refractivity contribution in [3.63, 3.8) is 0 Å². The summed E-state index contributed by atoms with van der Waals surface area (Å²) in [6, 6.07) is 51.8. The molecule has 0 radical (unpaired) electrons. The van der Waals surface area contributed by atoms with Crippen LogP contribution in [0.2, 0.25) is 0 Å². The SMILES string of the molecule is C1=CC/C=C(c2ccc(N(c3ccc(-c4ccc(-c5cn6ccccc6n5)cc4)cc3)c3ccc(-c4ccc5ncccc5c4)cc3)cc2)\C=C/CN=C1. The van der Waals surface area contributed by atoms with Crippen LogP contribution in [0.1, 0.15) is 12.0 Å². The summed E-state index contributed by atoms with van der Waals surface area (Å²) in [5, 5.41) is 1.13. The van der Waals surface area contributed by atoms with Crippen LogP contribution in [0, 0.1) is 0 Å². The number of rotatable bonds is 7. The first-order valence-electron chi connectivity index (χ1n) is 18.3. The number of allylic oxidation sites excluding steroid dienone is 5. The van der Waals surface area contributed by atoms with Crippen LogP contribution in [0.5, 0.6) is 0 Å². The highest BCUT2D eigenvalue weighted by Gasteiger charge is 2.14. The lowest BCUT2D eigenvalue weighted by molar-refractivity contribution is 1.19. The summed E-state index contributed by atoms with van der Waals surface area (Å²) in [5.74, 6) is 0. The van der Waals surface area contributed by atoms with Crippen LogP contribution < -0.4 is 4.90 Å². The third-order valence-corrected chi connectivity index (χ3v) is 9.83. The average Bonchev–Trinajstić information content (AvgIpc) is 3.68. The molecule has 3 aromatic heterocycles. The second kappa shape index (κ2) is 14.9. The van der Waals surface area contributed by atoms with Crippen molar-refractivity contribution >= 4 is 45.4 Å². The van der Waals surface area contributed by atoms with Crippen molar-refractivity contribution in [1.29, 1.82) is 0 Å². The second-order valence-electron chi connectivity index (χ2n) is 13.3. The summed E-state index contributed by atoms with van der Waals surface area (Å²) in [6.45, 7) is 0.668. The summed E-state index contributed by atoms with van der Waals surface area (Å²) in [5.41, 5.74) is 14.3. The minimum atomic E-state index is 0.668. The summed E-state index contributed by atoms with van der Waals surface area (Å²) >= 11 is 0. The summed E-state index contributed by atoms with van der Waals surface area (Å²) in [6.07, 6.45) is 19.4. The van der Waals surface area contributed by atoms with Crippen LogP contribution in [0.4, 0.5) is 17.1 Å². The first-order valence-corrected chi connectivity index (χ1v) is 18.3. The summed E-state index contributed by atoms with van der Waals surface area (Å²) in [4.78, 5) is 16.0. The molecule has 0 spiro atoms. The van der Waals surface area contributed by atoms with Crippen LogP contribution in [-0.2, 0) is 0 Å². The van der Waals surface area contributed by atoms with Crippen molar-refractivity contribution in [2.75, 3.05) is 11.4 Å². The summed E-state index contributed by atoms with van der Waals surface area (Å²) < 4.78 is 2.05. The van der Waals surface area contributed by atoms with E-state index in [0.29, 0.717) is 6.54 Å². The molecule has 5 heteroatoms. The molecular weight excluding hydrogens is 659 g/mol. The Morgan fingerprint density at radius 2 is 1.22 bits per heavy atom. The number of aromatic nitrogens is 3. The maximum Gasteiger partial charge on any atom is 0.137 e. The van der Waals surface area contributed by atoms with Gasteiger partial charge in [0.15, 0.2) is 0 Å². The van der Waals surface area contributed by atoms with Gasteiger partial charge in [0.05, 0.1) is 17.8 Å². The molecule has 0 atom stereocenters. The zero-order valence-electron chi connectivity index (χ0n) is 29.7. The van der Waals surface area contributed by atoms with Crippen LogP contribution in [0.15, 0.2) is 200 Å². The van der Waals surface area contributed by atoms with Gasteiger partial charge < -0.3 is 9.30 Å². The van der Waals surface area contributed by atoms with E-state index in [4.69, 9.17) is 4.98 Å². The lowest BCUT2D eigenvalue weighted by Gasteiger charge is -2.26.